The Morgan fingerprint density at radius 1 is 0.274 bits per heavy atom. The van der Waals surface area contributed by atoms with E-state index < -0.39 is 5.82 Å². The second kappa shape index (κ2) is 32.2. The second-order valence-electron chi connectivity index (χ2n) is 25.6. The fourth-order valence-corrected chi connectivity index (χ4v) is 13.4. The van der Waals surface area contributed by atoms with Crippen LogP contribution in [0.4, 0.5) is 83.0 Å². The Bertz CT molecular complexity index is 6230. The third-order valence-corrected chi connectivity index (χ3v) is 19.0. The number of rotatable bonds is 12. The van der Waals surface area contributed by atoms with E-state index >= 15 is 0 Å². The molecule has 0 saturated carbocycles. The van der Waals surface area contributed by atoms with Gasteiger partial charge in [-0.05, 0) is 131 Å². The Balaban J connectivity index is 0.000000109. The van der Waals surface area contributed by atoms with Gasteiger partial charge in [-0.2, -0.15) is 0 Å². The minimum atomic E-state index is -0.443. The number of aromatic nitrogens is 16. The lowest BCUT2D eigenvalue weighted by molar-refractivity contribution is 0.626. The highest BCUT2D eigenvalue weighted by Crippen LogP contribution is 2.47. The highest BCUT2D eigenvalue weighted by atomic mass is 35.5. The van der Waals surface area contributed by atoms with Crippen molar-refractivity contribution >= 4 is 93.0 Å². The van der Waals surface area contributed by atoms with Crippen LogP contribution in [-0.4, -0.2) is 79.7 Å². The maximum atomic E-state index is 13.4. The second-order valence-corrected chi connectivity index (χ2v) is 26.4. The first-order chi connectivity index (χ1) is 55.5. The summed E-state index contributed by atoms with van der Waals surface area (Å²) in [6, 6.07) is 48.6. The van der Waals surface area contributed by atoms with Crippen LogP contribution >= 0.6 is 23.2 Å². The maximum absolute atomic E-state index is 13.4. The highest BCUT2D eigenvalue weighted by Gasteiger charge is 2.27. The molecule has 8 N–H and O–H groups in total. The van der Waals surface area contributed by atoms with Crippen LogP contribution in [0.2, 0.25) is 10.0 Å². The minimum Gasteiger partial charge on any atom is -0.350 e. The molecule has 0 saturated heterocycles. The molecule has 0 radical (unpaired) electrons. The number of nitrogens with zero attached hydrogens (tertiary/aromatic N) is 16. The van der Waals surface area contributed by atoms with Gasteiger partial charge in [0.05, 0.1) is 75.3 Å². The molecule has 29 heteroatoms. The molecule has 550 valence electrons. The van der Waals surface area contributed by atoms with Gasteiger partial charge in [0.2, 0.25) is 23.8 Å². The van der Waals surface area contributed by atoms with Crippen LogP contribution in [-0.2, 0) is 26.2 Å². The van der Waals surface area contributed by atoms with Gasteiger partial charge in [0.15, 0.2) is 0 Å². The topological polar surface area (TPSA) is 302 Å². The number of anilines is 12. The number of fused-ring (bicyclic) bond motifs is 20. The molecule has 24 nitrogen and oxygen atoms in total. The average Bonchev–Trinajstić information content (AvgIpc) is 1.63. The highest BCUT2D eigenvalue weighted by molar-refractivity contribution is 6.31. The molecule has 0 amide bonds. The van der Waals surface area contributed by atoms with Gasteiger partial charge in [0, 0.05) is 172 Å². The smallest absolute Gasteiger partial charge is 0.223 e. The van der Waals surface area contributed by atoms with E-state index in [-0.39, 0.29) is 16.7 Å². The van der Waals surface area contributed by atoms with Gasteiger partial charge < -0.3 is 42.5 Å². The molecular formula is C84H59Cl2F3N24. The average molecular weight is 1530 g/mol. The summed E-state index contributed by atoms with van der Waals surface area (Å²) in [6.45, 7) is 1.95. The number of nitrogens with one attached hydrogen (secondary N) is 8. The van der Waals surface area contributed by atoms with Crippen LogP contribution in [0.15, 0.2) is 263 Å². The first kappa shape index (κ1) is 71.1. The monoisotopic (exact) mass is 1530 g/mol. The summed E-state index contributed by atoms with van der Waals surface area (Å²) in [5, 5.41) is 26.7. The van der Waals surface area contributed by atoms with Crippen molar-refractivity contribution in [3.05, 3.63) is 313 Å². The summed E-state index contributed by atoms with van der Waals surface area (Å²) in [4.78, 5) is 71.6. The van der Waals surface area contributed by atoms with Crippen LogP contribution < -0.4 is 42.5 Å². The molecule has 0 bridgehead atoms. The normalized spacial score (nSPS) is 11.5. The molecule has 4 aliphatic heterocycles. The Labute approximate surface area is 653 Å². The van der Waals surface area contributed by atoms with Crippen molar-refractivity contribution in [1.29, 1.82) is 0 Å². The van der Waals surface area contributed by atoms with Gasteiger partial charge in [-0.1, -0.05) is 77.8 Å². The van der Waals surface area contributed by atoms with Crippen LogP contribution in [0.5, 0.6) is 0 Å². The van der Waals surface area contributed by atoms with Gasteiger partial charge >= 0.3 is 0 Å². The summed E-state index contributed by atoms with van der Waals surface area (Å²) in [7, 11) is 0. The lowest BCUT2D eigenvalue weighted by atomic mass is 10.0. The van der Waals surface area contributed by atoms with Gasteiger partial charge in [-0.3, -0.25) is 19.9 Å². The molecule has 16 aromatic rings. The summed E-state index contributed by atoms with van der Waals surface area (Å²) in [6.07, 6.45) is 28.2. The number of pyridine rings is 8. The molecular weight excluding hydrogens is 1470 g/mol. The van der Waals surface area contributed by atoms with Gasteiger partial charge in [0.1, 0.15) is 40.7 Å². The first-order valence-corrected chi connectivity index (χ1v) is 36.1. The molecule has 0 fully saturated rings. The van der Waals surface area contributed by atoms with Gasteiger partial charge in [-0.15, -0.1) is 0 Å². The predicted molar refractivity (Wildman–Crippen MR) is 432 cm³/mol. The van der Waals surface area contributed by atoms with E-state index in [1.54, 1.807) is 123 Å². The lowest BCUT2D eigenvalue weighted by Gasteiger charge is -2.11. The number of hydrogen-bond acceptors (Lipinski definition) is 24. The van der Waals surface area contributed by atoms with Crippen LogP contribution in [0, 0.1) is 17.5 Å². The summed E-state index contributed by atoms with van der Waals surface area (Å²) >= 11 is 12.0. The summed E-state index contributed by atoms with van der Waals surface area (Å²) in [5.74, 6) is 3.80. The van der Waals surface area contributed by atoms with Crippen molar-refractivity contribution in [1.82, 2.24) is 79.7 Å². The van der Waals surface area contributed by atoms with Crippen LogP contribution in [0.1, 0.15) is 22.3 Å². The first-order valence-electron chi connectivity index (χ1n) is 35.3. The van der Waals surface area contributed by atoms with Crippen molar-refractivity contribution in [2.75, 3.05) is 42.5 Å². The quantitative estimate of drug-likeness (QED) is 0.0564. The molecule has 0 spiro atoms. The van der Waals surface area contributed by atoms with Crippen molar-refractivity contribution in [3.8, 4) is 89.5 Å². The maximum Gasteiger partial charge on any atom is 0.223 e. The molecule has 113 heavy (non-hydrogen) atoms. The standard InChI is InChI=1S/2C21H14ClFN6.C21H15FN6.C21H16N6/c22-17-8-13(23)4-3-12(17)9-26-21-27-10-16-14-5-7-24-11-18(14)28-20-15(19(16)29-21)2-1-6-25-20;22-16-8-12(3-4-17(16)23)9-26-21-27-10-15-13-5-7-24-11-18(13)28-20-14(19(15)29-21)2-1-6-25-20;22-14-5-3-13(4-6-14)10-25-21-26-11-17-15-7-9-23-12-18(15)27-20-16(19(17)28-21)2-1-8-24-20;1-2-5-14(6-3-1)11-24-21-25-12-17-15-8-10-22-13-18(15)26-20-16(19(17)27-21)7-4-9-23-20/h2*1-8,10-11H,9H2,(H,25,28)(H,26,27,29);1-9,11-12H,10H2,(H,24,27)(H,25,26,28);1-10,12-13H,11H2,(H,23,26)(H,24,25,27). The SMILES string of the molecule is Fc1ccc(CNc2ncc3c(n2)-c2cccnc2Nc2cnccc2-3)c(Cl)c1.Fc1ccc(CNc2ncc3c(n2)-c2cccnc2Nc2cnccc2-3)cc1.Fc1ccc(CNc2ncc3c(n2)-c2cccnc2Nc2cnccc2-3)cc1Cl.c1ccc(CNc2ncc3c(n2)-c2cccnc2Nc2cnccc2-3)cc1. The summed E-state index contributed by atoms with van der Waals surface area (Å²) < 4.78 is 39.7. The van der Waals surface area contributed by atoms with Crippen molar-refractivity contribution in [3.63, 3.8) is 0 Å². The molecule has 16 heterocycles. The van der Waals surface area contributed by atoms with Gasteiger partial charge in [-0.25, -0.2) is 73.0 Å². The van der Waals surface area contributed by atoms with E-state index in [9.17, 15) is 13.2 Å². The van der Waals surface area contributed by atoms with Crippen molar-refractivity contribution in [2.45, 2.75) is 26.2 Å². The zero-order valence-electron chi connectivity index (χ0n) is 59.2. The molecule has 0 aliphatic carbocycles. The fourth-order valence-electron chi connectivity index (χ4n) is 12.9. The number of halogens is 5. The molecule has 12 aromatic heterocycles. The molecule has 0 unspecified atom stereocenters. The third-order valence-electron chi connectivity index (χ3n) is 18.4. The third kappa shape index (κ3) is 15.6. The van der Waals surface area contributed by atoms with E-state index in [0.29, 0.717) is 66.6 Å². The Morgan fingerprint density at radius 3 is 0.991 bits per heavy atom. The number of hydrogen-bond donors (Lipinski definition) is 8. The van der Waals surface area contributed by atoms with E-state index in [4.69, 9.17) is 43.1 Å². The zero-order valence-corrected chi connectivity index (χ0v) is 60.7. The predicted octanol–water partition coefficient (Wildman–Crippen LogP) is 18.8. The Morgan fingerprint density at radius 2 is 0.619 bits per heavy atom. The zero-order chi connectivity index (χ0) is 76.6. The van der Waals surface area contributed by atoms with E-state index in [2.05, 4.69) is 114 Å². The molecule has 4 aromatic carbocycles. The van der Waals surface area contributed by atoms with E-state index in [1.807, 2.05) is 97.2 Å². The molecule has 4 aliphatic rings. The molecule has 0 atom stereocenters. The number of benzene rings is 4. The van der Waals surface area contributed by atoms with E-state index in [0.717, 1.165) is 141 Å². The largest absolute Gasteiger partial charge is 0.350 e. The van der Waals surface area contributed by atoms with Crippen molar-refractivity contribution in [2.24, 2.45) is 0 Å². The Hall–Kier alpha value is -14.8. The fraction of sp³-hybridized carbons (Fsp3) is 0.0476. The van der Waals surface area contributed by atoms with E-state index in [1.165, 1.54) is 35.9 Å². The van der Waals surface area contributed by atoms with Crippen LogP contribution in [0.25, 0.3) is 89.5 Å². The van der Waals surface area contributed by atoms with Crippen molar-refractivity contribution < 1.29 is 13.2 Å². The molecule has 20 rings (SSSR count). The Kier molecular flexibility index (Phi) is 20.2. The lowest BCUT2D eigenvalue weighted by Crippen LogP contribution is -2.05. The van der Waals surface area contributed by atoms with Crippen LogP contribution in [0.3, 0.4) is 0 Å². The minimum absolute atomic E-state index is 0.0865. The summed E-state index contributed by atoms with van der Waals surface area (Å²) in [5.41, 5.74) is 21.4. The van der Waals surface area contributed by atoms with Gasteiger partial charge in [0.25, 0.3) is 0 Å².